The molecule has 1 aliphatic rings. The van der Waals surface area contributed by atoms with Crippen molar-refractivity contribution < 1.29 is 4.79 Å². The maximum absolute atomic E-state index is 12.5. The first kappa shape index (κ1) is 15.8. The second-order valence-corrected chi connectivity index (χ2v) is 6.55. The molecule has 4 heteroatoms. The molecule has 1 fully saturated rings. The van der Waals surface area contributed by atoms with Crippen LogP contribution in [0, 0.1) is 6.92 Å². The number of anilines is 1. The minimum Gasteiger partial charge on any atom is -0.325 e. The molecule has 4 nitrogen and oxygen atoms in total. The van der Waals surface area contributed by atoms with E-state index in [0.717, 1.165) is 5.69 Å². The van der Waals surface area contributed by atoms with E-state index in [1.165, 1.54) is 21.9 Å². The van der Waals surface area contributed by atoms with Crippen LogP contribution >= 0.6 is 0 Å². The predicted molar refractivity (Wildman–Crippen MR) is 101 cm³/mol. The first-order valence-corrected chi connectivity index (χ1v) is 8.57. The van der Waals surface area contributed by atoms with Crippen LogP contribution in [0.25, 0.3) is 10.8 Å². The van der Waals surface area contributed by atoms with Crippen LogP contribution in [0.5, 0.6) is 0 Å². The summed E-state index contributed by atoms with van der Waals surface area (Å²) in [6.45, 7) is 2.03. The number of hydrazine groups is 1. The highest BCUT2D eigenvalue weighted by molar-refractivity contribution is 5.95. The molecule has 0 aromatic heterocycles. The van der Waals surface area contributed by atoms with Gasteiger partial charge < -0.3 is 5.32 Å². The largest absolute Gasteiger partial charge is 0.325 e. The summed E-state index contributed by atoms with van der Waals surface area (Å²) in [5, 5.41) is 5.42. The highest BCUT2D eigenvalue weighted by atomic mass is 16.2. The molecule has 0 aliphatic carbocycles. The Kier molecular flexibility index (Phi) is 4.22. The summed E-state index contributed by atoms with van der Waals surface area (Å²) >= 11 is 0. The van der Waals surface area contributed by atoms with Crippen LogP contribution in [0.15, 0.2) is 66.7 Å². The number of amides is 1. The van der Waals surface area contributed by atoms with E-state index in [-0.39, 0.29) is 18.0 Å². The summed E-state index contributed by atoms with van der Waals surface area (Å²) in [6, 6.07) is 22.3. The SMILES string of the molecule is Cc1ccc(NC(=O)C2CC(c3cccc4ccccc34)NN2)cc1. The van der Waals surface area contributed by atoms with E-state index < -0.39 is 0 Å². The lowest BCUT2D eigenvalue weighted by Crippen LogP contribution is -2.39. The van der Waals surface area contributed by atoms with Crippen molar-refractivity contribution in [3.63, 3.8) is 0 Å². The van der Waals surface area contributed by atoms with Crippen molar-refractivity contribution in [3.05, 3.63) is 77.9 Å². The number of benzene rings is 3. The molecule has 25 heavy (non-hydrogen) atoms. The second kappa shape index (κ2) is 6.67. The Bertz CT molecular complexity index is 899. The van der Waals surface area contributed by atoms with Gasteiger partial charge in [0.05, 0.1) is 0 Å². The van der Waals surface area contributed by atoms with E-state index in [4.69, 9.17) is 0 Å². The van der Waals surface area contributed by atoms with E-state index in [0.29, 0.717) is 6.42 Å². The van der Waals surface area contributed by atoms with E-state index in [2.05, 4.69) is 52.6 Å². The number of carbonyl (C=O) groups is 1. The average Bonchev–Trinajstić information content (AvgIpc) is 3.13. The first-order valence-electron chi connectivity index (χ1n) is 8.57. The van der Waals surface area contributed by atoms with Crippen LogP contribution in [-0.2, 0) is 4.79 Å². The maximum atomic E-state index is 12.5. The average molecular weight is 331 g/mol. The molecule has 2 atom stereocenters. The highest BCUT2D eigenvalue weighted by Crippen LogP contribution is 2.29. The molecule has 3 aromatic rings. The quantitative estimate of drug-likeness (QED) is 0.686. The van der Waals surface area contributed by atoms with Crippen molar-refractivity contribution in [1.82, 2.24) is 10.9 Å². The normalized spacial score (nSPS) is 19.9. The Morgan fingerprint density at radius 2 is 1.72 bits per heavy atom. The van der Waals surface area contributed by atoms with Gasteiger partial charge in [-0.25, -0.2) is 10.9 Å². The van der Waals surface area contributed by atoms with E-state index in [1.807, 2.05) is 37.3 Å². The van der Waals surface area contributed by atoms with Gasteiger partial charge in [-0.3, -0.25) is 4.79 Å². The van der Waals surface area contributed by atoms with Gasteiger partial charge in [0, 0.05) is 11.7 Å². The fourth-order valence-corrected chi connectivity index (χ4v) is 3.35. The Labute approximate surface area is 147 Å². The number of aryl methyl sites for hydroxylation is 1. The Hall–Kier alpha value is -2.69. The number of hydrogen-bond donors (Lipinski definition) is 3. The van der Waals surface area contributed by atoms with Crippen molar-refractivity contribution in [2.24, 2.45) is 0 Å². The molecule has 0 radical (unpaired) electrons. The van der Waals surface area contributed by atoms with Gasteiger partial charge in [-0.1, -0.05) is 60.2 Å². The Morgan fingerprint density at radius 3 is 2.56 bits per heavy atom. The zero-order valence-corrected chi connectivity index (χ0v) is 14.1. The van der Waals surface area contributed by atoms with Crippen molar-refractivity contribution in [2.75, 3.05) is 5.32 Å². The third kappa shape index (κ3) is 3.27. The van der Waals surface area contributed by atoms with Crippen LogP contribution in [0.4, 0.5) is 5.69 Å². The highest BCUT2D eigenvalue weighted by Gasteiger charge is 2.30. The molecule has 1 saturated heterocycles. The minimum atomic E-state index is -0.259. The summed E-state index contributed by atoms with van der Waals surface area (Å²) in [5.41, 5.74) is 9.64. The van der Waals surface area contributed by atoms with Gasteiger partial charge in [0.1, 0.15) is 6.04 Å². The van der Waals surface area contributed by atoms with Gasteiger partial charge in [0.15, 0.2) is 0 Å². The number of carbonyl (C=O) groups excluding carboxylic acids is 1. The van der Waals surface area contributed by atoms with E-state index >= 15 is 0 Å². The van der Waals surface area contributed by atoms with E-state index in [9.17, 15) is 4.79 Å². The lowest BCUT2D eigenvalue weighted by Gasteiger charge is -2.13. The summed E-state index contributed by atoms with van der Waals surface area (Å²) in [7, 11) is 0. The molecule has 1 amide bonds. The van der Waals surface area contributed by atoms with Crippen LogP contribution in [0.2, 0.25) is 0 Å². The second-order valence-electron chi connectivity index (χ2n) is 6.55. The summed E-state index contributed by atoms with van der Waals surface area (Å²) in [5.74, 6) is -0.0147. The summed E-state index contributed by atoms with van der Waals surface area (Å²) < 4.78 is 0. The fourth-order valence-electron chi connectivity index (χ4n) is 3.35. The number of fused-ring (bicyclic) bond motifs is 1. The summed E-state index contributed by atoms with van der Waals surface area (Å²) in [6.07, 6.45) is 0.714. The molecule has 1 heterocycles. The van der Waals surface area contributed by atoms with Crippen LogP contribution < -0.4 is 16.2 Å². The number of rotatable bonds is 3. The van der Waals surface area contributed by atoms with Crippen LogP contribution in [0.1, 0.15) is 23.6 Å². The molecule has 1 aliphatic heterocycles. The fraction of sp³-hybridized carbons (Fsp3) is 0.190. The van der Waals surface area contributed by atoms with Crippen LogP contribution in [0.3, 0.4) is 0 Å². The first-order chi connectivity index (χ1) is 12.2. The van der Waals surface area contributed by atoms with Crippen molar-refractivity contribution >= 4 is 22.4 Å². The van der Waals surface area contributed by atoms with Gasteiger partial charge in [0.2, 0.25) is 5.91 Å². The number of hydrogen-bond acceptors (Lipinski definition) is 3. The molecular formula is C21H21N3O. The van der Waals surface area contributed by atoms with Gasteiger partial charge in [-0.15, -0.1) is 0 Å². The molecule has 126 valence electrons. The molecular weight excluding hydrogens is 310 g/mol. The molecule has 2 unspecified atom stereocenters. The van der Waals surface area contributed by atoms with Gasteiger partial charge in [0.25, 0.3) is 0 Å². The topological polar surface area (TPSA) is 53.2 Å². The van der Waals surface area contributed by atoms with E-state index in [1.54, 1.807) is 0 Å². The van der Waals surface area contributed by atoms with Crippen molar-refractivity contribution in [2.45, 2.75) is 25.4 Å². The molecule has 0 bridgehead atoms. The molecule has 3 aromatic carbocycles. The Balaban J connectivity index is 1.49. The smallest absolute Gasteiger partial charge is 0.242 e. The standard InChI is InChI=1S/C21H21N3O/c1-14-9-11-16(12-10-14)22-21(25)20-13-19(23-24-20)18-8-4-6-15-5-2-3-7-17(15)18/h2-12,19-20,23-24H,13H2,1H3,(H,22,25). The molecule has 4 rings (SSSR count). The van der Waals surface area contributed by atoms with Crippen molar-refractivity contribution in [1.29, 1.82) is 0 Å². The zero-order chi connectivity index (χ0) is 17.2. The zero-order valence-electron chi connectivity index (χ0n) is 14.1. The monoisotopic (exact) mass is 331 g/mol. The predicted octanol–water partition coefficient (Wildman–Crippen LogP) is 3.69. The van der Waals surface area contributed by atoms with Gasteiger partial charge >= 0.3 is 0 Å². The lowest BCUT2D eigenvalue weighted by atomic mass is 9.96. The van der Waals surface area contributed by atoms with Crippen LogP contribution in [-0.4, -0.2) is 11.9 Å². The molecule has 0 spiro atoms. The third-order valence-corrected chi connectivity index (χ3v) is 4.74. The van der Waals surface area contributed by atoms with Crippen molar-refractivity contribution in [3.8, 4) is 0 Å². The molecule has 0 saturated carbocycles. The third-order valence-electron chi connectivity index (χ3n) is 4.74. The summed E-state index contributed by atoms with van der Waals surface area (Å²) in [4.78, 5) is 12.5. The number of nitrogens with one attached hydrogen (secondary N) is 3. The van der Waals surface area contributed by atoms with Gasteiger partial charge in [-0.05, 0) is 41.8 Å². The Morgan fingerprint density at radius 1 is 0.960 bits per heavy atom. The molecule has 3 N–H and O–H groups in total. The lowest BCUT2D eigenvalue weighted by molar-refractivity contribution is -0.117. The van der Waals surface area contributed by atoms with Gasteiger partial charge in [-0.2, -0.15) is 0 Å². The maximum Gasteiger partial charge on any atom is 0.242 e. The minimum absolute atomic E-state index is 0.0147.